The smallest absolute Gasteiger partial charge is 0.256 e. The quantitative estimate of drug-likeness (QED) is 0.680. The van der Waals surface area contributed by atoms with Crippen molar-refractivity contribution in [2.75, 3.05) is 55.2 Å². The molecule has 2 aliphatic heterocycles. The number of rotatable bonds is 5. The minimum Gasteiger partial charge on any atom is -0.493 e. The summed E-state index contributed by atoms with van der Waals surface area (Å²) >= 11 is 5.71. The van der Waals surface area contributed by atoms with Crippen molar-refractivity contribution in [3.8, 4) is 11.5 Å². The second-order valence-corrected chi connectivity index (χ2v) is 7.52. The average Bonchev–Trinajstić information content (AvgIpc) is 3.02. The monoisotopic (exact) mass is 427 g/mol. The van der Waals surface area contributed by atoms with Crippen LogP contribution in [0.25, 0.3) is 0 Å². The molecule has 0 N–H and O–H groups in total. The lowest BCUT2D eigenvalue weighted by atomic mass is 10.2. The highest BCUT2D eigenvalue weighted by molar-refractivity contribution is 7.81. The molecule has 0 saturated carbocycles. The first-order chi connectivity index (χ1) is 14.5. The molecule has 0 bridgehead atoms. The van der Waals surface area contributed by atoms with E-state index in [0.29, 0.717) is 22.3 Å². The van der Waals surface area contributed by atoms with Crippen LogP contribution in [-0.4, -0.2) is 57.6 Å². The van der Waals surface area contributed by atoms with E-state index in [0.717, 1.165) is 37.7 Å². The van der Waals surface area contributed by atoms with E-state index < -0.39 is 6.04 Å². The second-order valence-electron chi connectivity index (χ2n) is 7.16. The Morgan fingerprint density at radius 1 is 0.933 bits per heavy atom. The summed E-state index contributed by atoms with van der Waals surface area (Å²) in [4.78, 5) is 18.8. The van der Waals surface area contributed by atoms with E-state index >= 15 is 0 Å². The maximum Gasteiger partial charge on any atom is 0.256 e. The average molecular weight is 428 g/mol. The Balaban J connectivity index is 1.60. The topological polar surface area (TPSA) is 54.5 Å². The minimum atomic E-state index is -0.403. The number of methoxy groups -OCH3 is 2. The summed E-state index contributed by atoms with van der Waals surface area (Å²) in [7, 11) is 3.14. The van der Waals surface area contributed by atoms with Crippen molar-refractivity contribution in [1.29, 1.82) is 0 Å². The maximum atomic E-state index is 13.1. The van der Waals surface area contributed by atoms with E-state index in [9.17, 15) is 4.79 Å². The van der Waals surface area contributed by atoms with Crippen LogP contribution in [0, 0.1) is 0 Å². The Hall–Kier alpha value is -2.84. The Bertz CT molecular complexity index is 944. The molecule has 30 heavy (non-hydrogen) atoms. The van der Waals surface area contributed by atoms with Crippen molar-refractivity contribution >= 4 is 40.3 Å². The highest BCUT2D eigenvalue weighted by Gasteiger charge is 2.41. The fraction of sp³-hybridized carbons (Fsp3) is 0.364. The van der Waals surface area contributed by atoms with Crippen molar-refractivity contribution in [2.45, 2.75) is 13.0 Å². The molecule has 0 aromatic heterocycles. The first-order valence-electron chi connectivity index (χ1n) is 9.87. The number of amides is 1. The lowest BCUT2D eigenvalue weighted by Gasteiger charge is -2.29. The van der Waals surface area contributed by atoms with E-state index in [1.165, 1.54) is 0 Å². The molecule has 2 saturated heterocycles. The van der Waals surface area contributed by atoms with Gasteiger partial charge in [0.15, 0.2) is 16.6 Å². The zero-order valence-electron chi connectivity index (χ0n) is 17.3. The molecule has 2 aliphatic rings. The van der Waals surface area contributed by atoms with Crippen LogP contribution in [-0.2, 0) is 9.53 Å². The number of anilines is 3. The van der Waals surface area contributed by atoms with Crippen LogP contribution in [0.3, 0.4) is 0 Å². The molecule has 2 heterocycles. The predicted molar refractivity (Wildman–Crippen MR) is 121 cm³/mol. The van der Waals surface area contributed by atoms with Gasteiger partial charge in [-0.05, 0) is 55.5 Å². The number of morpholine rings is 1. The molecule has 0 radical (unpaired) electrons. The zero-order valence-corrected chi connectivity index (χ0v) is 18.1. The van der Waals surface area contributed by atoms with E-state index in [2.05, 4.69) is 17.0 Å². The molecule has 1 unspecified atom stereocenters. The standard InChI is InChI=1S/C22H25N3O4S/c1-15-21(26)25(18-8-9-19(27-2)20(14-18)28-3)22(30)24(15)17-6-4-16(5-7-17)23-10-12-29-13-11-23/h4-9,14-15H,10-13H2,1-3H3. The first kappa shape index (κ1) is 20.4. The van der Waals surface area contributed by atoms with Crippen molar-refractivity contribution in [3.63, 3.8) is 0 Å². The van der Waals surface area contributed by atoms with Gasteiger partial charge in [-0.25, -0.2) is 0 Å². The molecule has 4 rings (SSSR count). The summed E-state index contributed by atoms with van der Waals surface area (Å²) in [6.07, 6.45) is 0. The molecule has 1 amide bonds. The van der Waals surface area contributed by atoms with Crippen molar-refractivity contribution < 1.29 is 19.0 Å². The number of ether oxygens (including phenoxy) is 3. The van der Waals surface area contributed by atoms with Crippen LogP contribution in [0.2, 0.25) is 0 Å². The van der Waals surface area contributed by atoms with Gasteiger partial charge in [0, 0.05) is 30.5 Å². The Labute approximate surface area is 181 Å². The van der Waals surface area contributed by atoms with Gasteiger partial charge in [-0.15, -0.1) is 0 Å². The lowest BCUT2D eigenvalue weighted by Crippen LogP contribution is -2.36. The van der Waals surface area contributed by atoms with Gasteiger partial charge in [-0.3, -0.25) is 9.69 Å². The van der Waals surface area contributed by atoms with Crippen molar-refractivity contribution in [1.82, 2.24) is 0 Å². The molecule has 8 heteroatoms. The first-order valence-corrected chi connectivity index (χ1v) is 10.3. The molecule has 2 aromatic carbocycles. The summed E-state index contributed by atoms with van der Waals surface area (Å²) in [5, 5.41) is 0.443. The highest BCUT2D eigenvalue weighted by atomic mass is 32.1. The molecule has 7 nitrogen and oxygen atoms in total. The van der Waals surface area contributed by atoms with Gasteiger partial charge in [0.25, 0.3) is 5.91 Å². The SMILES string of the molecule is COc1ccc(N2C(=O)C(C)N(c3ccc(N4CCOCC4)cc3)C2=S)cc1OC. The van der Waals surface area contributed by atoms with E-state index in [1.807, 2.05) is 30.0 Å². The normalized spacial score (nSPS) is 19.4. The molecule has 0 spiro atoms. The number of thiocarbonyl (C=S) groups is 1. The van der Waals surface area contributed by atoms with E-state index in [1.54, 1.807) is 31.3 Å². The van der Waals surface area contributed by atoms with Crippen molar-refractivity contribution in [2.24, 2.45) is 0 Å². The number of nitrogens with zero attached hydrogens (tertiary/aromatic N) is 3. The van der Waals surface area contributed by atoms with Gasteiger partial charge in [0.1, 0.15) is 6.04 Å². The summed E-state index contributed by atoms with van der Waals surface area (Å²) in [5.74, 6) is 1.07. The van der Waals surface area contributed by atoms with Gasteiger partial charge in [0.2, 0.25) is 0 Å². The van der Waals surface area contributed by atoms with E-state index in [4.69, 9.17) is 26.4 Å². The third-order valence-electron chi connectivity index (χ3n) is 5.49. The van der Waals surface area contributed by atoms with Crippen LogP contribution in [0.5, 0.6) is 11.5 Å². The van der Waals surface area contributed by atoms with Gasteiger partial charge in [-0.1, -0.05) is 0 Å². The van der Waals surface area contributed by atoms with E-state index in [-0.39, 0.29) is 5.91 Å². The Morgan fingerprint density at radius 2 is 1.53 bits per heavy atom. The van der Waals surface area contributed by atoms with Crippen LogP contribution in [0.4, 0.5) is 17.1 Å². The predicted octanol–water partition coefficient (Wildman–Crippen LogP) is 3.07. The van der Waals surface area contributed by atoms with Crippen LogP contribution < -0.4 is 24.2 Å². The summed E-state index contributed by atoms with van der Waals surface area (Å²) in [5.41, 5.74) is 2.69. The third-order valence-corrected chi connectivity index (χ3v) is 5.87. The second kappa shape index (κ2) is 8.49. The van der Waals surface area contributed by atoms with Crippen LogP contribution in [0.1, 0.15) is 6.92 Å². The zero-order chi connectivity index (χ0) is 21.3. The Kier molecular flexibility index (Phi) is 5.78. The van der Waals surface area contributed by atoms with Gasteiger partial charge >= 0.3 is 0 Å². The molecule has 1 atom stereocenters. The van der Waals surface area contributed by atoms with Gasteiger partial charge in [-0.2, -0.15) is 0 Å². The lowest BCUT2D eigenvalue weighted by molar-refractivity contribution is -0.117. The number of benzene rings is 2. The number of carbonyl (C=O) groups is 1. The van der Waals surface area contributed by atoms with Crippen LogP contribution >= 0.6 is 12.2 Å². The summed E-state index contributed by atoms with van der Waals surface area (Å²) in [6, 6.07) is 13.1. The molecular formula is C22H25N3O4S. The highest BCUT2D eigenvalue weighted by Crippen LogP contribution is 2.36. The molecule has 158 valence electrons. The molecular weight excluding hydrogens is 402 g/mol. The fourth-order valence-corrected chi connectivity index (χ4v) is 4.31. The molecule has 0 aliphatic carbocycles. The largest absolute Gasteiger partial charge is 0.493 e. The van der Waals surface area contributed by atoms with Crippen LogP contribution in [0.15, 0.2) is 42.5 Å². The molecule has 2 aromatic rings. The number of hydrogen-bond donors (Lipinski definition) is 0. The van der Waals surface area contributed by atoms with Gasteiger partial charge < -0.3 is 24.0 Å². The fourth-order valence-electron chi connectivity index (χ4n) is 3.85. The summed E-state index contributed by atoms with van der Waals surface area (Å²) < 4.78 is 16.1. The third kappa shape index (κ3) is 3.57. The Morgan fingerprint density at radius 3 is 2.17 bits per heavy atom. The van der Waals surface area contributed by atoms with Crippen molar-refractivity contribution in [3.05, 3.63) is 42.5 Å². The molecule has 2 fully saturated rings. The maximum absolute atomic E-state index is 13.1. The summed E-state index contributed by atoms with van der Waals surface area (Å²) in [6.45, 7) is 5.10. The number of hydrogen-bond acceptors (Lipinski definition) is 6. The number of carbonyl (C=O) groups excluding carboxylic acids is 1. The van der Waals surface area contributed by atoms with Gasteiger partial charge in [0.05, 0.1) is 33.1 Å². The minimum absolute atomic E-state index is 0.0792.